The largest absolute Gasteiger partial charge is 0.469 e. The third-order valence-electron chi connectivity index (χ3n) is 4.63. The van der Waals surface area contributed by atoms with Crippen LogP contribution in [0.25, 0.3) is 0 Å². The summed E-state index contributed by atoms with van der Waals surface area (Å²) in [5.41, 5.74) is 0.381. The van der Waals surface area contributed by atoms with E-state index in [0.29, 0.717) is 5.41 Å². The summed E-state index contributed by atoms with van der Waals surface area (Å²) in [6.45, 7) is 2.38. The second kappa shape index (κ2) is 4.25. The van der Waals surface area contributed by atoms with Crippen LogP contribution in [0.5, 0.6) is 0 Å². The maximum atomic E-state index is 5.75. The van der Waals surface area contributed by atoms with Gasteiger partial charge in [-0.05, 0) is 56.8 Å². The number of hydrogen-bond donors (Lipinski definition) is 1. The van der Waals surface area contributed by atoms with Crippen molar-refractivity contribution < 1.29 is 4.42 Å². The minimum Gasteiger partial charge on any atom is -0.469 e. The maximum Gasteiger partial charge on any atom is 0.110 e. The summed E-state index contributed by atoms with van der Waals surface area (Å²) in [5, 5.41) is 3.47. The molecular weight excluding hydrogens is 198 g/mol. The highest BCUT2D eigenvalue weighted by molar-refractivity contribution is 5.18. The van der Waals surface area contributed by atoms with E-state index >= 15 is 0 Å². The van der Waals surface area contributed by atoms with Gasteiger partial charge in [0.15, 0.2) is 0 Å². The molecule has 3 rings (SSSR count). The van der Waals surface area contributed by atoms with E-state index in [4.69, 9.17) is 4.42 Å². The van der Waals surface area contributed by atoms with E-state index in [0.717, 1.165) is 5.92 Å². The highest BCUT2D eigenvalue weighted by Crippen LogP contribution is 2.49. The molecular formula is C14H21NO. The molecule has 0 aromatic carbocycles. The van der Waals surface area contributed by atoms with Crippen molar-refractivity contribution in [2.75, 3.05) is 13.1 Å². The molecule has 1 saturated carbocycles. The van der Waals surface area contributed by atoms with Crippen molar-refractivity contribution in [2.24, 2.45) is 5.92 Å². The van der Waals surface area contributed by atoms with Gasteiger partial charge < -0.3 is 9.73 Å². The summed E-state index contributed by atoms with van der Waals surface area (Å²) in [6, 6.07) is 4.25. The van der Waals surface area contributed by atoms with Crippen molar-refractivity contribution in [3.8, 4) is 0 Å². The Labute approximate surface area is 97.4 Å². The molecule has 0 atom stereocenters. The second-order valence-corrected chi connectivity index (χ2v) is 5.36. The lowest BCUT2D eigenvalue weighted by atomic mass is 9.68. The van der Waals surface area contributed by atoms with Gasteiger partial charge in [-0.2, -0.15) is 0 Å². The van der Waals surface area contributed by atoms with Crippen LogP contribution in [0.2, 0.25) is 0 Å². The summed E-state index contributed by atoms with van der Waals surface area (Å²) in [7, 11) is 0. The van der Waals surface area contributed by atoms with E-state index in [2.05, 4.69) is 17.4 Å². The molecule has 2 heterocycles. The van der Waals surface area contributed by atoms with E-state index in [1.807, 2.05) is 6.26 Å². The van der Waals surface area contributed by atoms with Gasteiger partial charge in [0, 0.05) is 5.41 Å². The highest BCUT2D eigenvalue weighted by atomic mass is 16.3. The van der Waals surface area contributed by atoms with Crippen molar-refractivity contribution in [1.82, 2.24) is 5.32 Å². The van der Waals surface area contributed by atoms with Crippen molar-refractivity contribution in [1.29, 1.82) is 0 Å². The van der Waals surface area contributed by atoms with Crippen molar-refractivity contribution in [3.05, 3.63) is 24.2 Å². The monoisotopic (exact) mass is 219 g/mol. The Bertz CT molecular complexity index is 319. The Balaban J connectivity index is 1.90. The first-order chi connectivity index (χ1) is 7.92. The average Bonchev–Trinajstić information content (AvgIpc) is 3.02. The number of hydrogen-bond acceptors (Lipinski definition) is 2. The minimum atomic E-state index is 0.381. The zero-order valence-electron chi connectivity index (χ0n) is 9.87. The van der Waals surface area contributed by atoms with Crippen molar-refractivity contribution in [3.63, 3.8) is 0 Å². The molecule has 16 heavy (non-hydrogen) atoms. The molecule has 1 aliphatic carbocycles. The molecule has 1 aromatic heterocycles. The van der Waals surface area contributed by atoms with Crippen LogP contribution in [0.3, 0.4) is 0 Å². The van der Waals surface area contributed by atoms with E-state index in [9.17, 15) is 0 Å². The van der Waals surface area contributed by atoms with Crippen molar-refractivity contribution in [2.45, 2.75) is 43.9 Å². The van der Waals surface area contributed by atoms with Crippen LogP contribution >= 0.6 is 0 Å². The Kier molecular flexibility index (Phi) is 2.76. The van der Waals surface area contributed by atoms with Crippen molar-refractivity contribution >= 4 is 0 Å². The van der Waals surface area contributed by atoms with Crippen LogP contribution in [0, 0.1) is 5.92 Å². The fourth-order valence-corrected chi connectivity index (χ4v) is 3.80. The van der Waals surface area contributed by atoms with Gasteiger partial charge in [-0.15, -0.1) is 0 Å². The smallest absolute Gasteiger partial charge is 0.110 e. The predicted octanol–water partition coefficient (Wildman–Crippen LogP) is 3.09. The first kappa shape index (κ1) is 10.4. The van der Waals surface area contributed by atoms with Gasteiger partial charge in [0.05, 0.1) is 6.26 Å². The molecule has 0 radical (unpaired) electrons. The zero-order chi connectivity index (χ0) is 10.8. The lowest BCUT2D eigenvalue weighted by Gasteiger charge is -2.38. The lowest BCUT2D eigenvalue weighted by molar-refractivity contribution is 0.182. The van der Waals surface area contributed by atoms with E-state index < -0.39 is 0 Å². The van der Waals surface area contributed by atoms with Crippen LogP contribution in [0.4, 0.5) is 0 Å². The molecule has 0 bridgehead atoms. The molecule has 2 nitrogen and oxygen atoms in total. The van der Waals surface area contributed by atoms with Gasteiger partial charge in [0.1, 0.15) is 5.76 Å². The third kappa shape index (κ3) is 1.60. The van der Waals surface area contributed by atoms with Crippen LogP contribution in [0.1, 0.15) is 44.3 Å². The summed E-state index contributed by atoms with van der Waals surface area (Å²) in [5.74, 6) is 2.10. The van der Waals surface area contributed by atoms with Gasteiger partial charge in [-0.1, -0.05) is 12.8 Å². The Hall–Kier alpha value is -0.760. The number of piperidine rings is 1. The van der Waals surface area contributed by atoms with E-state index in [-0.39, 0.29) is 0 Å². The Morgan fingerprint density at radius 2 is 1.94 bits per heavy atom. The fourth-order valence-electron chi connectivity index (χ4n) is 3.80. The average molecular weight is 219 g/mol. The standard InChI is InChI=1S/C14H21NO/c1-2-8-14(7-1,13-4-3-11-16-13)12-5-9-15-10-6-12/h3-4,11-12,15H,1-2,5-10H2. The fraction of sp³-hybridized carbons (Fsp3) is 0.714. The normalized spacial score (nSPS) is 26.0. The summed E-state index contributed by atoms with van der Waals surface area (Å²) in [6.07, 6.45) is 9.92. The second-order valence-electron chi connectivity index (χ2n) is 5.36. The van der Waals surface area contributed by atoms with E-state index in [1.54, 1.807) is 0 Å². The quantitative estimate of drug-likeness (QED) is 0.827. The summed E-state index contributed by atoms with van der Waals surface area (Å²) < 4.78 is 5.75. The molecule has 1 N–H and O–H groups in total. The minimum absolute atomic E-state index is 0.381. The zero-order valence-corrected chi connectivity index (χ0v) is 9.87. The molecule has 0 spiro atoms. The first-order valence-corrected chi connectivity index (χ1v) is 6.66. The number of furan rings is 1. The van der Waals surface area contributed by atoms with Gasteiger partial charge >= 0.3 is 0 Å². The first-order valence-electron chi connectivity index (χ1n) is 6.66. The van der Waals surface area contributed by atoms with Gasteiger partial charge in [-0.3, -0.25) is 0 Å². The highest BCUT2D eigenvalue weighted by Gasteiger charge is 2.44. The molecule has 88 valence electrons. The summed E-state index contributed by atoms with van der Waals surface area (Å²) in [4.78, 5) is 0. The predicted molar refractivity (Wildman–Crippen MR) is 64.4 cm³/mol. The van der Waals surface area contributed by atoms with Gasteiger partial charge in [0.2, 0.25) is 0 Å². The molecule has 2 heteroatoms. The molecule has 2 aliphatic rings. The number of nitrogens with one attached hydrogen (secondary N) is 1. The number of rotatable bonds is 2. The van der Waals surface area contributed by atoms with Crippen LogP contribution in [-0.2, 0) is 5.41 Å². The molecule has 0 amide bonds. The molecule has 2 fully saturated rings. The third-order valence-corrected chi connectivity index (χ3v) is 4.63. The summed E-state index contributed by atoms with van der Waals surface area (Å²) >= 11 is 0. The van der Waals surface area contributed by atoms with Crippen LogP contribution < -0.4 is 5.32 Å². The van der Waals surface area contributed by atoms with Crippen LogP contribution in [-0.4, -0.2) is 13.1 Å². The van der Waals surface area contributed by atoms with Gasteiger partial charge in [-0.25, -0.2) is 0 Å². The molecule has 1 aliphatic heterocycles. The van der Waals surface area contributed by atoms with Crippen LogP contribution in [0.15, 0.2) is 22.8 Å². The Morgan fingerprint density at radius 1 is 1.19 bits per heavy atom. The molecule has 1 saturated heterocycles. The maximum absolute atomic E-state index is 5.75. The van der Waals surface area contributed by atoms with E-state index in [1.165, 1.54) is 57.4 Å². The molecule has 1 aromatic rings. The molecule has 0 unspecified atom stereocenters. The topological polar surface area (TPSA) is 25.2 Å². The lowest BCUT2D eigenvalue weighted by Crippen LogP contribution is -2.40. The van der Waals surface area contributed by atoms with Gasteiger partial charge in [0.25, 0.3) is 0 Å². The Morgan fingerprint density at radius 3 is 2.56 bits per heavy atom. The SMILES string of the molecule is c1coc(C2(C3CCNCC3)CCCC2)c1.